The van der Waals surface area contributed by atoms with Crippen molar-refractivity contribution < 1.29 is 23.8 Å². The number of ketones is 1. The number of aryl methyl sites for hydroxylation is 1. The van der Waals surface area contributed by atoms with Crippen molar-refractivity contribution in [3.05, 3.63) is 57.8 Å². The van der Waals surface area contributed by atoms with E-state index in [0.29, 0.717) is 28.4 Å². The number of hydrogen-bond acceptors (Lipinski definition) is 6. The van der Waals surface area contributed by atoms with Gasteiger partial charge in [0.1, 0.15) is 0 Å². The van der Waals surface area contributed by atoms with Gasteiger partial charge < -0.3 is 14.2 Å². The van der Waals surface area contributed by atoms with Crippen LogP contribution in [-0.2, 0) is 11.2 Å². The Bertz CT molecular complexity index is 791. The molecule has 0 saturated carbocycles. The van der Waals surface area contributed by atoms with E-state index in [0.717, 1.165) is 10.4 Å². The third-order valence-electron chi connectivity index (χ3n) is 3.51. The van der Waals surface area contributed by atoms with Gasteiger partial charge in [0.15, 0.2) is 18.1 Å². The molecular formula is C19H20O5S. The van der Waals surface area contributed by atoms with Crippen LogP contribution in [0.25, 0.3) is 0 Å². The first-order valence-electron chi connectivity index (χ1n) is 7.62. The lowest BCUT2D eigenvalue weighted by Crippen LogP contribution is -2.14. The van der Waals surface area contributed by atoms with Gasteiger partial charge in [0.05, 0.1) is 24.7 Å². The van der Waals surface area contributed by atoms with Gasteiger partial charge in [-0.2, -0.15) is 0 Å². The largest absolute Gasteiger partial charge is 0.493 e. The smallest absolute Gasteiger partial charge is 0.338 e. The maximum Gasteiger partial charge on any atom is 0.338 e. The summed E-state index contributed by atoms with van der Waals surface area (Å²) >= 11 is 1.37. The monoisotopic (exact) mass is 360 g/mol. The second-order valence-corrected chi connectivity index (χ2v) is 6.56. The van der Waals surface area contributed by atoms with Crippen molar-refractivity contribution in [3.63, 3.8) is 0 Å². The summed E-state index contributed by atoms with van der Waals surface area (Å²) in [6.07, 6.45) is 2.21. The van der Waals surface area contributed by atoms with Gasteiger partial charge in [0, 0.05) is 10.4 Å². The summed E-state index contributed by atoms with van der Waals surface area (Å²) in [6, 6.07) is 6.78. The fourth-order valence-electron chi connectivity index (χ4n) is 2.34. The first-order valence-corrected chi connectivity index (χ1v) is 8.44. The summed E-state index contributed by atoms with van der Waals surface area (Å²) in [5, 5.41) is 0. The molecule has 0 unspecified atom stereocenters. The molecule has 2 aromatic rings. The molecule has 0 radical (unpaired) electrons. The van der Waals surface area contributed by atoms with E-state index in [4.69, 9.17) is 14.2 Å². The van der Waals surface area contributed by atoms with E-state index in [2.05, 4.69) is 6.58 Å². The highest BCUT2D eigenvalue weighted by Crippen LogP contribution is 2.33. The van der Waals surface area contributed by atoms with Crippen LogP contribution in [0.3, 0.4) is 0 Å². The van der Waals surface area contributed by atoms with Crippen LogP contribution in [0.15, 0.2) is 36.9 Å². The highest BCUT2D eigenvalue weighted by molar-refractivity contribution is 7.14. The molecule has 0 bridgehead atoms. The number of allylic oxidation sites excluding steroid dienone is 1. The Morgan fingerprint density at radius 3 is 2.52 bits per heavy atom. The van der Waals surface area contributed by atoms with Gasteiger partial charge in [-0.1, -0.05) is 6.08 Å². The topological polar surface area (TPSA) is 61.8 Å². The van der Waals surface area contributed by atoms with Gasteiger partial charge in [0.2, 0.25) is 5.78 Å². The Morgan fingerprint density at radius 2 is 1.96 bits per heavy atom. The van der Waals surface area contributed by atoms with E-state index >= 15 is 0 Å². The Hall–Kier alpha value is -2.60. The lowest BCUT2D eigenvalue weighted by molar-refractivity contribution is 0.0475. The number of thiophene rings is 1. The summed E-state index contributed by atoms with van der Waals surface area (Å²) in [5.74, 6) is 0.157. The predicted octanol–water partition coefficient (Wildman–Crippen LogP) is 3.84. The Balaban J connectivity index is 2.16. The fraction of sp³-hybridized carbons (Fsp3) is 0.263. The van der Waals surface area contributed by atoms with Crippen LogP contribution >= 0.6 is 11.3 Å². The molecule has 1 heterocycles. The van der Waals surface area contributed by atoms with E-state index < -0.39 is 5.97 Å². The molecule has 0 amide bonds. The van der Waals surface area contributed by atoms with E-state index in [9.17, 15) is 9.59 Å². The minimum absolute atomic E-state index is 0.224. The van der Waals surface area contributed by atoms with Crippen molar-refractivity contribution in [1.82, 2.24) is 0 Å². The average Bonchev–Trinajstić information content (AvgIpc) is 3.05. The maximum atomic E-state index is 12.3. The molecular weight excluding hydrogens is 340 g/mol. The van der Waals surface area contributed by atoms with Gasteiger partial charge in [-0.05, 0) is 37.6 Å². The van der Waals surface area contributed by atoms with Crippen molar-refractivity contribution in [3.8, 4) is 11.5 Å². The zero-order valence-electron chi connectivity index (χ0n) is 14.5. The Kier molecular flexibility index (Phi) is 6.36. The highest BCUT2D eigenvalue weighted by Gasteiger charge is 2.18. The molecule has 1 aromatic heterocycles. The third-order valence-corrected chi connectivity index (χ3v) is 4.55. The van der Waals surface area contributed by atoms with E-state index in [1.54, 1.807) is 18.2 Å². The van der Waals surface area contributed by atoms with Gasteiger partial charge in [-0.25, -0.2) is 4.79 Å². The second-order valence-electron chi connectivity index (χ2n) is 5.27. The second kappa shape index (κ2) is 8.48. The molecule has 0 aliphatic rings. The number of carbonyl (C=O) groups excluding carboxylic acids is 2. The fourth-order valence-corrected chi connectivity index (χ4v) is 3.13. The van der Waals surface area contributed by atoms with Gasteiger partial charge >= 0.3 is 5.97 Å². The molecule has 132 valence electrons. The number of esters is 1. The van der Waals surface area contributed by atoms with Crippen LogP contribution in [0, 0.1) is 6.92 Å². The molecule has 0 fully saturated rings. The summed E-state index contributed by atoms with van der Waals surface area (Å²) < 4.78 is 15.8. The van der Waals surface area contributed by atoms with Crippen LogP contribution < -0.4 is 9.47 Å². The van der Waals surface area contributed by atoms with Crippen LogP contribution in [0.5, 0.6) is 11.5 Å². The normalized spacial score (nSPS) is 10.2. The molecule has 0 atom stereocenters. The van der Waals surface area contributed by atoms with Crippen molar-refractivity contribution in [1.29, 1.82) is 0 Å². The Labute approximate surface area is 150 Å². The number of benzene rings is 1. The quantitative estimate of drug-likeness (QED) is 0.407. The minimum Gasteiger partial charge on any atom is -0.493 e. The maximum absolute atomic E-state index is 12.3. The van der Waals surface area contributed by atoms with Crippen molar-refractivity contribution in [2.75, 3.05) is 20.8 Å². The van der Waals surface area contributed by atoms with Gasteiger partial charge in [-0.3, -0.25) is 4.79 Å². The van der Waals surface area contributed by atoms with E-state index in [1.807, 2.05) is 13.0 Å². The lowest BCUT2D eigenvalue weighted by Gasteiger charge is -2.14. The molecule has 0 N–H and O–H groups in total. The summed E-state index contributed by atoms with van der Waals surface area (Å²) in [4.78, 5) is 26.0. The number of Topliss-reactive ketones (excluding diaryl/α,β-unsaturated/α-hetero) is 1. The van der Waals surface area contributed by atoms with Crippen LogP contribution in [-0.4, -0.2) is 32.6 Å². The average molecular weight is 360 g/mol. The molecule has 5 nitrogen and oxygen atoms in total. The third kappa shape index (κ3) is 4.48. The summed E-state index contributed by atoms with van der Waals surface area (Å²) in [7, 11) is 3.03. The molecule has 0 aliphatic carbocycles. The number of methoxy groups -OCH3 is 2. The number of ether oxygens (including phenoxy) is 3. The lowest BCUT2D eigenvalue weighted by atomic mass is 10.1. The zero-order valence-corrected chi connectivity index (χ0v) is 15.3. The van der Waals surface area contributed by atoms with Gasteiger partial charge in [0.25, 0.3) is 0 Å². The predicted molar refractivity (Wildman–Crippen MR) is 97.1 cm³/mol. The summed E-state index contributed by atoms with van der Waals surface area (Å²) in [5.41, 5.74) is 1.05. The molecule has 25 heavy (non-hydrogen) atoms. The standard InChI is InChI=1S/C19H20O5S/c1-5-6-13-9-14(10-16(22-3)18(13)23-4)19(21)24-11-15(20)17-8-7-12(2)25-17/h5,7-10H,1,6,11H2,2-4H3. The van der Waals surface area contributed by atoms with E-state index in [1.165, 1.54) is 31.6 Å². The molecule has 1 aromatic carbocycles. The Morgan fingerprint density at radius 1 is 1.20 bits per heavy atom. The van der Waals surface area contributed by atoms with Crippen molar-refractivity contribution >= 4 is 23.1 Å². The molecule has 0 spiro atoms. The SMILES string of the molecule is C=CCc1cc(C(=O)OCC(=O)c2ccc(C)s2)cc(OC)c1OC. The first-order chi connectivity index (χ1) is 12.0. The number of carbonyl (C=O) groups is 2. The summed E-state index contributed by atoms with van der Waals surface area (Å²) in [6.45, 7) is 5.31. The van der Waals surface area contributed by atoms with Crippen LogP contribution in [0.1, 0.15) is 30.5 Å². The zero-order chi connectivity index (χ0) is 18.4. The highest BCUT2D eigenvalue weighted by atomic mass is 32.1. The molecule has 2 rings (SSSR count). The van der Waals surface area contributed by atoms with Crippen LogP contribution in [0.4, 0.5) is 0 Å². The molecule has 0 saturated heterocycles. The van der Waals surface area contributed by atoms with Crippen LogP contribution in [0.2, 0.25) is 0 Å². The van der Waals surface area contributed by atoms with Gasteiger partial charge in [-0.15, -0.1) is 17.9 Å². The molecule has 0 aliphatic heterocycles. The first kappa shape index (κ1) is 18.7. The number of rotatable bonds is 8. The minimum atomic E-state index is -0.590. The van der Waals surface area contributed by atoms with E-state index in [-0.39, 0.29) is 12.4 Å². The number of hydrogen-bond donors (Lipinski definition) is 0. The van der Waals surface area contributed by atoms with Crippen molar-refractivity contribution in [2.24, 2.45) is 0 Å². The van der Waals surface area contributed by atoms with Crippen molar-refractivity contribution in [2.45, 2.75) is 13.3 Å². The molecule has 6 heteroatoms.